The Bertz CT molecular complexity index is 501. The molecule has 96 valence electrons. The predicted octanol–water partition coefficient (Wildman–Crippen LogP) is 1.72. The molecule has 2 aromatic heterocycles. The van der Waals surface area contributed by atoms with Crippen molar-refractivity contribution in [1.29, 1.82) is 0 Å². The number of pyridine rings is 1. The third kappa shape index (κ3) is 2.63. The van der Waals surface area contributed by atoms with E-state index in [2.05, 4.69) is 15.5 Å². The van der Waals surface area contributed by atoms with Crippen LogP contribution in [-0.2, 0) is 19.6 Å². The molecule has 5 nitrogen and oxygen atoms in total. The zero-order chi connectivity index (χ0) is 11.5. The molecule has 18 heavy (non-hydrogen) atoms. The second-order valence-corrected chi connectivity index (χ2v) is 3.94. The predicted molar refractivity (Wildman–Crippen MR) is 67.7 cm³/mol. The Morgan fingerprint density at radius 3 is 3.22 bits per heavy atom. The van der Waals surface area contributed by atoms with E-state index in [1.807, 2.05) is 12.1 Å². The molecule has 1 aliphatic rings. The maximum Gasteiger partial charge on any atom is 0.142 e. The Labute approximate surface area is 111 Å². The largest absolute Gasteiger partial charge is 0.486 e. The summed E-state index contributed by atoms with van der Waals surface area (Å²) in [5, 5.41) is 7.35. The number of ether oxygens (including phenoxy) is 1. The quantitative estimate of drug-likeness (QED) is 0.918. The molecule has 1 N–H and O–H groups in total. The van der Waals surface area contributed by atoms with E-state index in [1.54, 1.807) is 12.4 Å². The van der Waals surface area contributed by atoms with Gasteiger partial charge in [-0.05, 0) is 12.1 Å². The number of nitrogens with zero attached hydrogens (tertiary/aromatic N) is 2. The Balaban J connectivity index is 0.00000120. The lowest BCUT2D eigenvalue weighted by Gasteiger charge is -2.11. The van der Waals surface area contributed by atoms with Gasteiger partial charge in [0.15, 0.2) is 0 Å². The van der Waals surface area contributed by atoms with Crippen molar-refractivity contribution in [3.8, 4) is 5.75 Å². The SMILES string of the molecule is Cl.c1cncc(OCc2noc3c2CNCC3)c1. The number of aromatic nitrogens is 2. The van der Waals surface area contributed by atoms with E-state index in [0.29, 0.717) is 6.61 Å². The van der Waals surface area contributed by atoms with Gasteiger partial charge in [0.05, 0.1) is 6.20 Å². The van der Waals surface area contributed by atoms with Crippen LogP contribution in [0, 0.1) is 0 Å². The van der Waals surface area contributed by atoms with Gasteiger partial charge >= 0.3 is 0 Å². The van der Waals surface area contributed by atoms with Crippen molar-refractivity contribution >= 4 is 12.4 Å². The first-order valence-corrected chi connectivity index (χ1v) is 5.63. The molecule has 0 aromatic carbocycles. The molecule has 0 saturated carbocycles. The van der Waals surface area contributed by atoms with Crippen molar-refractivity contribution in [2.24, 2.45) is 0 Å². The van der Waals surface area contributed by atoms with E-state index in [0.717, 1.165) is 42.3 Å². The average Bonchev–Trinajstić information content (AvgIpc) is 2.81. The molecule has 0 bridgehead atoms. The smallest absolute Gasteiger partial charge is 0.142 e. The van der Waals surface area contributed by atoms with Crippen molar-refractivity contribution < 1.29 is 9.26 Å². The van der Waals surface area contributed by atoms with Crippen LogP contribution in [0.25, 0.3) is 0 Å². The highest BCUT2D eigenvalue weighted by atomic mass is 35.5. The fraction of sp³-hybridized carbons (Fsp3) is 0.333. The van der Waals surface area contributed by atoms with Gasteiger partial charge < -0.3 is 14.6 Å². The van der Waals surface area contributed by atoms with E-state index in [9.17, 15) is 0 Å². The van der Waals surface area contributed by atoms with Crippen LogP contribution in [0.15, 0.2) is 29.0 Å². The van der Waals surface area contributed by atoms with E-state index >= 15 is 0 Å². The fourth-order valence-electron chi connectivity index (χ4n) is 1.89. The van der Waals surface area contributed by atoms with E-state index in [1.165, 1.54) is 0 Å². The highest BCUT2D eigenvalue weighted by Crippen LogP contribution is 2.19. The van der Waals surface area contributed by atoms with Crippen LogP contribution in [0.2, 0.25) is 0 Å². The fourth-order valence-corrected chi connectivity index (χ4v) is 1.89. The van der Waals surface area contributed by atoms with Gasteiger partial charge in [-0.2, -0.15) is 0 Å². The molecule has 0 unspecified atom stereocenters. The van der Waals surface area contributed by atoms with E-state index in [4.69, 9.17) is 9.26 Å². The number of fused-ring (bicyclic) bond motifs is 1. The van der Waals surface area contributed by atoms with Crippen LogP contribution in [0.3, 0.4) is 0 Å². The van der Waals surface area contributed by atoms with Gasteiger partial charge in [-0.3, -0.25) is 4.98 Å². The Morgan fingerprint density at radius 1 is 1.44 bits per heavy atom. The van der Waals surface area contributed by atoms with Crippen molar-refractivity contribution in [1.82, 2.24) is 15.5 Å². The van der Waals surface area contributed by atoms with Crippen molar-refractivity contribution in [2.45, 2.75) is 19.6 Å². The van der Waals surface area contributed by atoms with Crippen LogP contribution < -0.4 is 10.1 Å². The van der Waals surface area contributed by atoms with Crippen molar-refractivity contribution in [3.63, 3.8) is 0 Å². The summed E-state index contributed by atoms with van der Waals surface area (Å²) in [6.07, 6.45) is 4.30. The minimum Gasteiger partial charge on any atom is -0.486 e. The third-order valence-corrected chi connectivity index (χ3v) is 2.79. The number of halogens is 1. The second-order valence-electron chi connectivity index (χ2n) is 3.94. The zero-order valence-electron chi connectivity index (χ0n) is 9.76. The first kappa shape index (κ1) is 12.9. The van der Waals surface area contributed by atoms with Crippen LogP contribution in [0.5, 0.6) is 5.75 Å². The van der Waals surface area contributed by atoms with E-state index < -0.39 is 0 Å². The topological polar surface area (TPSA) is 60.2 Å². The van der Waals surface area contributed by atoms with Gasteiger partial charge in [0, 0.05) is 31.3 Å². The van der Waals surface area contributed by atoms with Crippen LogP contribution in [0.4, 0.5) is 0 Å². The number of nitrogens with one attached hydrogen (secondary N) is 1. The molecule has 3 heterocycles. The highest BCUT2D eigenvalue weighted by Gasteiger charge is 2.19. The summed E-state index contributed by atoms with van der Waals surface area (Å²) in [7, 11) is 0. The Kier molecular flexibility index (Phi) is 4.17. The maximum absolute atomic E-state index is 5.60. The molecule has 0 fully saturated rings. The zero-order valence-corrected chi connectivity index (χ0v) is 10.6. The van der Waals surface area contributed by atoms with Crippen LogP contribution >= 0.6 is 12.4 Å². The Morgan fingerprint density at radius 2 is 2.39 bits per heavy atom. The lowest BCUT2D eigenvalue weighted by atomic mass is 10.1. The molecular weight excluding hydrogens is 254 g/mol. The number of hydrogen-bond acceptors (Lipinski definition) is 5. The van der Waals surface area contributed by atoms with Gasteiger partial charge in [-0.15, -0.1) is 12.4 Å². The van der Waals surface area contributed by atoms with Gasteiger partial charge in [0.2, 0.25) is 0 Å². The highest BCUT2D eigenvalue weighted by molar-refractivity contribution is 5.85. The second kappa shape index (κ2) is 5.84. The maximum atomic E-state index is 5.60. The molecule has 0 saturated heterocycles. The monoisotopic (exact) mass is 267 g/mol. The molecule has 6 heteroatoms. The summed E-state index contributed by atoms with van der Waals surface area (Å²) in [5.41, 5.74) is 2.01. The minimum absolute atomic E-state index is 0. The molecule has 0 spiro atoms. The summed E-state index contributed by atoms with van der Waals surface area (Å²) < 4.78 is 10.9. The number of rotatable bonds is 3. The lowest BCUT2D eigenvalue weighted by molar-refractivity contribution is 0.286. The molecule has 0 radical (unpaired) electrons. The van der Waals surface area contributed by atoms with E-state index in [-0.39, 0.29) is 12.4 Å². The van der Waals surface area contributed by atoms with Gasteiger partial charge in [-0.25, -0.2) is 0 Å². The summed E-state index contributed by atoms with van der Waals surface area (Å²) in [6.45, 7) is 2.18. The number of hydrogen-bond donors (Lipinski definition) is 1. The lowest BCUT2D eigenvalue weighted by Crippen LogP contribution is -2.23. The first-order chi connectivity index (χ1) is 8.43. The van der Waals surface area contributed by atoms with Gasteiger partial charge in [0.25, 0.3) is 0 Å². The molecule has 0 amide bonds. The first-order valence-electron chi connectivity index (χ1n) is 5.63. The molecule has 0 atom stereocenters. The molecule has 3 rings (SSSR count). The third-order valence-electron chi connectivity index (χ3n) is 2.79. The Hall–Kier alpha value is -1.59. The van der Waals surface area contributed by atoms with Crippen molar-refractivity contribution in [2.75, 3.05) is 6.54 Å². The molecular formula is C12H14ClN3O2. The molecule has 1 aliphatic heterocycles. The average molecular weight is 268 g/mol. The molecule has 0 aliphatic carbocycles. The summed E-state index contributed by atoms with van der Waals surface area (Å²) in [4.78, 5) is 3.99. The summed E-state index contributed by atoms with van der Waals surface area (Å²) in [5.74, 6) is 1.72. The van der Waals surface area contributed by atoms with Crippen LogP contribution in [0.1, 0.15) is 17.0 Å². The molecule has 2 aromatic rings. The van der Waals surface area contributed by atoms with Crippen molar-refractivity contribution in [3.05, 3.63) is 41.5 Å². The normalized spacial score (nSPS) is 13.6. The van der Waals surface area contributed by atoms with Crippen LogP contribution in [-0.4, -0.2) is 16.7 Å². The summed E-state index contributed by atoms with van der Waals surface area (Å²) >= 11 is 0. The standard InChI is InChI=1S/C12H13N3O2.ClH/c1-2-9(6-13-4-1)16-8-11-10-7-14-5-3-12(10)17-15-11;/h1-2,4,6,14H,3,5,7-8H2;1H. The minimum atomic E-state index is 0. The van der Waals surface area contributed by atoms with Gasteiger partial charge in [-0.1, -0.05) is 5.16 Å². The van der Waals surface area contributed by atoms with Gasteiger partial charge in [0.1, 0.15) is 23.8 Å². The summed E-state index contributed by atoms with van der Waals surface area (Å²) in [6, 6.07) is 3.72.